The van der Waals surface area contributed by atoms with E-state index in [-0.39, 0.29) is 5.82 Å². The zero-order chi connectivity index (χ0) is 24.4. The molecular weight excluding hydrogens is 439 g/mol. The monoisotopic (exact) mass is 464 g/mol. The van der Waals surface area contributed by atoms with Gasteiger partial charge in [-0.15, -0.1) is 0 Å². The van der Waals surface area contributed by atoms with E-state index in [0.717, 1.165) is 33.4 Å². The number of fused-ring (bicyclic) bond motifs is 1. The van der Waals surface area contributed by atoms with Gasteiger partial charge in [0.1, 0.15) is 5.82 Å². The fourth-order valence-electron chi connectivity index (χ4n) is 3.97. The Labute approximate surface area is 203 Å². The molecule has 5 aromatic rings. The highest BCUT2D eigenvalue weighted by Gasteiger charge is 2.24. The van der Waals surface area contributed by atoms with Gasteiger partial charge in [0.15, 0.2) is 11.6 Å². The fourth-order valence-corrected chi connectivity index (χ4v) is 3.97. The normalized spacial score (nSPS) is 11.5. The van der Waals surface area contributed by atoms with Crippen LogP contribution in [-0.2, 0) is 5.41 Å². The second kappa shape index (κ2) is 9.10. The van der Waals surface area contributed by atoms with E-state index in [9.17, 15) is 4.39 Å². The van der Waals surface area contributed by atoms with Gasteiger partial charge >= 0.3 is 0 Å². The van der Waals surface area contributed by atoms with Crippen molar-refractivity contribution in [1.29, 1.82) is 0 Å². The average molecular weight is 465 g/mol. The number of pyridine rings is 2. The minimum atomic E-state index is -0.394. The van der Waals surface area contributed by atoms with Gasteiger partial charge in [-0.3, -0.25) is 9.97 Å². The quantitative estimate of drug-likeness (QED) is 0.327. The van der Waals surface area contributed by atoms with Gasteiger partial charge in [0.2, 0.25) is 0 Å². The lowest BCUT2D eigenvalue weighted by molar-refractivity contribution is 0.531. The maximum absolute atomic E-state index is 13.3. The third kappa shape index (κ3) is 4.66. The average Bonchev–Trinajstić information content (AvgIpc) is 2.88. The number of hydrogen-bond donors (Lipinski definition) is 2. The highest BCUT2D eigenvalue weighted by atomic mass is 19.1. The van der Waals surface area contributed by atoms with Crippen molar-refractivity contribution in [2.24, 2.45) is 0 Å². The largest absolute Gasteiger partial charge is 0.381 e. The third-order valence-corrected chi connectivity index (χ3v) is 5.97. The number of nitrogens with zero attached hydrogens (tertiary/aromatic N) is 4. The zero-order valence-electron chi connectivity index (χ0n) is 19.5. The van der Waals surface area contributed by atoms with Crippen molar-refractivity contribution >= 4 is 22.5 Å². The lowest BCUT2D eigenvalue weighted by Crippen LogP contribution is -2.29. The number of nitrogens with two attached hydrogens (primary N) is 1. The molecule has 5 rings (SSSR count). The summed E-state index contributed by atoms with van der Waals surface area (Å²) in [4.78, 5) is 18.4. The highest BCUT2D eigenvalue weighted by Crippen LogP contribution is 2.34. The molecule has 3 aromatic heterocycles. The zero-order valence-corrected chi connectivity index (χ0v) is 19.5. The van der Waals surface area contributed by atoms with Crippen molar-refractivity contribution in [3.63, 3.8) is 0 Å². The Morgan fingerprint density at radius 1 is 0.857 bits per heavy atom. The second-order valence-electron chi connectivity index (χ2n) is 9.03. The number of anilines is 2. The van der Waals surface area contributed by atoms with Crippen LogP contribution in [-0.4, -0.2) is 26.5 Å². The lowest BCUT2D eigenvalue weighted by atomic mass is 9.88. The van der Waals surface area contributed by atoms with Crippen molar-refractivity contribution in [2.45, 2.75) is 19.3 Å². The summed E-state index contributed by atoms with van der Waals surface area (Å²) in [7, 11) is 0. The number of aromatic nitrogens is 4. The van der Waals surface area contributed by atoms with Gasteiger partial charge in [0.05, 0.1) is 23.1 Å². The predicted octanol–water partition coefficient (Wildman–Crippen LogP) is 5.86. The molecule has 0 aliphatic carbocycles. The van der Waals surface area contributed by atoms with E-state index in [4.69, 9.17) is 15.7 Å². The maximum Gasteiger partial charge on any atom is 0.169 e. The molecule has 2 aromatic carbocycles. The van der Waals surface area contributed by atoms with E-state index in [0.29, 0.717) is 23.9 Å². The molecule has 174 valence electrons. The van der Waals surface area contributed by atoms with Crippen LogP contribution in [0.2, 0.25) is 0 Å². The Hall–Kier alpha value is -4.39. The van der Waals surface area contributed by atoms with Gasteiger partial charge in [-0.25, -0.2) is 14.4 Å². The van der Waals surface area contributed by atoms with Gasteiger partial charge in [0.25, 0.3) is 0 Å². The first kappa shape index (κ1) is 22.4. The summed E-state index contributed by atoms with van der Waals surface area (Å²) in [6.45, 7) is 4.54. The third-order valence-electron chi connectivity index (χ3n) is 5.97. The van der Waals surface area contributed by atoms with E-state index in [1.54, 1.807) is 12.3 Å². The summed E-state index contributed by atoms with van der Waals surface area (Å²) in [5, 5.41) is 4.36. The second-order valence-corrected chi connectivity index (χ2v) is 9.03. The molecule has 0 spiro atoms. The molecule has 0 aliphatic heterocycles. The molecule has 0 saturated heterocycles. The Morgan fingerprint density at radius 3 is 2.43 bits per heavy atom. The summed E-state index contributed by atoms with van der Waals surface area (Å²) in [5.41, 5.74) is 10.9. The van der Waals surface area contributed by atoms with E-state index in [1.807, 2.05) is 68.4 Å². The van der Waals surface area contributed by atoms with Crippen molar-refractivity contribution in [1.82, 2.24) is 19.9 Å². The van der Waals surface area contributed by atoms with E-state index in [2.05, 4.69) is 21.4 Å². The number of halogens is 1. The topological polar surface area (TPSA) is 89.6 Å². The molecule has 0 fully saturated rings. The number of hydrogen-bond acceptors (Lipinski definition) is 6. The minimum absolute atomic E-state index is 0.304. The Morgan fingerprint density at radius 2 is 1.66 bits per heavy atom. The molecule has 0 bridgehead atoms. The number of rotatable bonds is 6. The molecule has 0 amide bonds. The molecule has 0 unspecified atom stereocenters. The van der Waals surface area contributed by atoms with Crippen molar-refractivity contribution < 1.29 is 4.39 Å². The first-order valence-electron chi connectivity index (χ1n) is 11.3. The van der Waals surface area contributed by atoms with E-state index < -0.39 is 5.41 Å². The SMILES string of the molecule is CC(C)(CNc1nc(-c2ccc3ncccc3c2)c(-c2ccccc2)nc1N)c1ccc(F)cn1. The Bertz CT molecular complexity index is 1480. The smallest absolute Gasteiger partial charge is 0.169 e. The minimum Gasteiger partial charge on any atom is -0.381 e. The number of nitrogens with one attached hydrogen (secondary N) is 1. The molecule has 3 heterocycles. The molecule has 6 nitrogen and oxygen atoms in total. The molecule has 0 aliphatic rings. The van der Waals surface area contributed by atoms with E-state index in [1.165, 1.54) is 12.3 Å². The maximum atomic E-state index is 13.3. The lowest BCUT2D eigenvalue weighted by Gasteiger charge is -2.25. The van der Waals surface area contributed by atoms with Gasteiger partial charge in [0, 0.05) is 40.4 Å². The Kier molecular flexibility index (Phi) is 5.82. The first-order valence-corrected chi connectivity index (χ1v) is 11.3. The van der Waals surface area contributed by atoms with Gasteiger partial charge in [-0.05, 0) is 30.3 Å². The van der Waals surface area contributed by atoms with Crippen molar-refractivity contribution in [2.75, 3.05) is 17.6 Å². The Balaban J connectivity index is 1.56. The van der Waals surface area contributed by atoms with Crippen LogP contribution in [0.1, 0.15) is 19.5 Å². The van der Waals surface area contributed by atoms with Crippen molar-refractivity contribution in [3.05, 3.63) is 96.7 Å². The highest BCUT2D eigenvalue weighted by molar-refractivity contribution is 5.88. The van der Waals surface area contributed by atoms with Gasteiger partial charge < -0.3 is 11.1 Å². The number of nitrogen functional groups attached to an aromatic ring is 1. The molecule has 0 atom stereocenters. The summed E-state index contributed by atoms with van der Waals surface area (Å²) in [5.74, 6) is 0.429. The fraction of sp³-hybridized carbons (Fsp3) is 0.143. The van der Waals surface area contributed by atoms with Crippen LogP contribution in [0.3, 0.4) is 0 Å². The molecule has 0 radical (unpaired) electrons. The van der Waals surface area contributed by atoms with E-state index >= 15 is 0 Å². The van der Waals surface area contributed by atoms with Gasteiger partial charge in [-0.1, -0.05) is 56.3 Å². The van der Waals surface area contributed by atoms with Crippen molar-refractivity contribution in [3.8, 4) is 22.5 Å². The molecule has 7 heteroatoms. The van der Waals surface area contributed by atoms with Crippen LogP contribution in [0, 0.1) is 5.82 Å². The molecule has 3 N–H and O–H groups in total. The summed E-state index contributed by atoms with van der Waals surface area (Å²) < 4.78 is 13.3. The predicted molar refractivity (Wildman–Crippen MR) is 138 cm³/mol. The summed E-state index contributed by atoms with van der Waals surface area (Å²) >= 11 is 0. The van der Waals surface area contributed by atoms with Crippen LogP contribution < -0.4 is 11.1 Å². The summed E-state index contributed by atoms with van der Waals surface area (Å²) in [6.07, 6.45) is 3.01. The standard InChI is InChI=1S/C28H25FN6/c1-28(2,23-13-11-21(29)16-32-23)17-33-27-26(30)34-24(18-7-4-3-5-8-18)25(35-27)20-10-12-22-19(15-20)9-6-14-31-22/h3-16H,17H2,1-2H3,(H2,30,34)(H,33,35). The van der Waals surface area contributed by atoms with Crippen LogP contribution in [0.4, 0.5) is 16.0 Å². The number of benzene rings is 2. The molecular formula is C28H25FN6. The summed E-state index contributed by atoms with van der Waals surface area (Å²) in [6, 6.07) is 23.0. The van der Waals surface area contributed by atoms with Crippen LogP contribution in [0.15, 0.2) is 85.2 Å². The van der Waals surface area contributed by atoms with Crippen LogP contribution in [0.5, 0.6) is 0 Å². The molecule has 35 heavy (non-hydrogen) atoms. The first-order chi connectivity index (χ1) is 16.9. The van der Waals surface area contributed by atoms with Gasteiger partial charge in [-0.2, -0.15) is 0 Å². The molecule has 0 saturated carbocycles. The van der Waals surface area contributed by atoms with Crippen LogP contribution in [0.25, 0.3) is 33.4 Å². The van der Waals surface area contributed by atoms with Crippen LogP contribution >= 0.6 is 0 Å².